The van der Waals surface area contributed by atoms with Crippen LogP contribution < -0.4 is 16.6 Å². The van der Waals surface area contributed by atoms with Gasteiger partial charge in [-0.3, -0.25) is 19.1 Å². The minimum atomic E-state index is -0.579. The third kappa shape index (κ3) is 3.97. The van der Waals surface area contributed by atoms with E-state index in [1.165, 1.54) is 4.57 Å². The Hall–Kier alpha value is -2.44. The lowest BCUT2D eigenvalue weighted by Gasteiger charge is -2.15. The van der Waals surface area contributed by atoms with Gasteiger partial charge in [-0.25, -0.2) is 9.78 Å². The summed E-state index contributed by atoms with van der Waals surface area (Å²) < 4.78 is 1.45. The number of nitrogens with one attached hydrogen (secondary N) is 2. The number of hydrogen-bond donors (Lipinski definition) is 2. The Bertz CT molecular complexity index is 894. The second-order valence-corrected chi connectivity index (χ2v) is 6.97. The van der Waals surface area contributed by atoms with Gasteiger partial charge in [0.25, 0.3) is 11.5 Å². The highest BCUT2D eigenvalue weighted by Crippen LogP contribution is 2.20. The number of carbonyl (C=O) groups excluding carboxylic acids is 1. The van der Waals surface area contributed by atoms with Crippen molar-refractivity contribution in [1.82, 2.24) is 19.9 Å². The third-order valence-corrected chi connectivity index (χ3v) is 3.89. The molecule has 0 aliphatic carbocycles. The maximum atomic E-state index is 12.6. The molecule has 0 saturated heterocycles. The van der Waals surface area contributed by atoms with E-state index in [-0.39, 0.29) is 34.3 Å². The molecular formula is C18H26N4O3. The number of aromatic amines is 1. The normalized spacial score (nSPS) is 11.5. The molecule has 0 saturated carbocycles. The van der Waals surface area contributed by atoms with Crippen molar-refractivity contribution in [2.24, 2.45) is 5.92 Å². The van der Waals surface area contributed by atoms with Crippen molar-refractivity contribution in [2.75, 3.05) is 6.54 Å². The Morgan fingerprint density at radius 3 is 2.52 bits per heavy atom. The van der Waals surface area contributed by atoms with Crippen molar-refractivity contribution in [1.29, 1.82) is 0 Å². The van der Waals surface area contributed by atoms with Gasteiger partial charge in [-0.15, -0.1) is 0 Å². The first-order chi connectivity index (χ1) is 11.8. The molecule has 2 aromatic rings. The fourth-order valence-corrected chi connectivity index (χ4v) is 2.64. The van der Waals surface area contributed by atoms with Crippen molar-refractivity contribution >= 4 is 16.9 Å². The van der Waals surface area contributed by atoms with Gasteiger partial charge in [0.1, 0.15) is 0 Å². The van der Waals surface area contributed by atoms with E-state index in [1.54, 1.807) is 6.07 Å². The Morgan fingerprint density at radius 1 is 1.28 bits per heavy atom. The lowest BCUT2D eigenvalue weighted by Crippen LogP contribution is -2.34. The average molecular weight is 346 g/mol. The van der Waals surface area contributed by atoms with Gasteiger partial charge >= 0.3 is 5.69 Å². The van der Waals surface area contributed by atoms with Crippen LogP contribution in [0.4, 0.5) is 0 Å². The molecule has 0 spiro atoms. The van der Waals surface area contributed by atoms with E-state index in [2.05, 4.69) is 15.3 Å². The minimum absolute atomic E-state index is 0.0593. The Balaban J connectivity index is 2.85. The zero-order valence-electron chi connectivity index (χ0n) is 15.5. The van der Waals surface area contributed by atoms with E-state index in [0.29, 0.717) is 18.8 Å². The van der Waals surface area contributed by atoms with Crippen LogP contribution in [0.15, 0.2) is 15.7 Å². The second kappa shape index (κ2) is 7.63. The van der Waals surface area contributed by atoms with Crippen LogP contribution in [0.5, 0.6) is 0 Å². The minimum Gasteiger partial charge on any atom is -0.352 e. The molecule has 0 aliphatic rings. The first-order valence-electron chi connectivity index (χ1n) is 8.72. The van der Waals surface area contributed by atoms with Gasteiger partial charge in [-0.05, 0) is 24.3 Å². The Morgan fingerprint density at radius 2 is 1.96 bits per heavy atom. The van der Waals surface area contributed by atoms with Crippen molar-refractivity contribution in [3.8, 4) is 0 Å². The van der Waals surface area contributed by atoms with Gasteiger partial charge < -0.3 is 5.32 Å². The van der Waals surface area contributed by atoms with Crippen LogP contribution in [0.3, 0.4) is 0 Å². The number of H-pyrrole nitrogens is 1. The predicted molar refractivity (Wildman–Crippen MR) is 98.2 cm³/mol. The van der Waals surface area contributed by atoms with Gasteiger partial charge in [0.2, 0.25) is 0 Å². The van der Waals surface area contributed by atoms with E-state index in [0.717, 1.165) is 6.42 Å². The van der Waals surface area contributed by atoms with Crippen LogP contribution in [-0.4, -0.2) is 27.0 Å². The Kier molecular flexibility index (Phi) is 5.77. The quantitative estimate of drug-likeness (QED) is 0.836. The molecule has 7 heteroatoms. The molecule has 2 heterocycles. The number of amides is 1. The topological polar surface area (TPSA) is 96.8 Å². The second-order valence-electron chi connectivity index (χ2n) is 6.97. The van der Waals surface area contributed by atoms with Gasteiger partial charge in [0.15, 0.2) is 5.65 Å². The molecule has 0 aromatic carbocycles. The maximum absolute atomic E-state index is 12.6. The van der Waals surface area contributed by atoms with Crippen LogP contribution in [0.25, 0.3) is 11.0 Å². The predicted octanol–water partition coefficient (Wildman–Crippen LogP) is 2.00. The van der Waals surface area contributed by atoms with Crippen LogP contribution in [0, 0.1) is 5.92 Å². The number of hydrogen-bond acceptors (Lipinski definition) is 4. The lowest BCUT2D eigenvalue weighted by molar-refractivity contribution is 0.0955. The van der Waals surface area contributed by atoms with Crippen LogP contribution >= 0.6 is 0 Å². The summed E-state index contributed by atoms with van der Waals surface area (Å²) in [5.74, 6) is -0.0749. The highest BCUT2D eigenvalue weighted by molar-refractivity contribution is 6.05. The van der Waals surface area contributed by atoms with Gasteiger partial charge in [-0.1, -0.05) is 34.6 Å². The molecule has 0 unspecified atom stereocenters. The molecule has 0 fully saturated rings. The van der Waals surface area contributed by atoms with E-state index < -0.39 is 11.2 Å². The summed E-state index contributed by atoms with van der Waals surface area (Å²) in [6, 6.07) is 1.65. The largest absolute Gasteiger partial charge is 0.352 e. The highest BCUT2D eigenvalue weighted by Gasteiger charge is 2.20. The summed E-state index contributed by atoms with van der Waals surface area (Å²) in [6.45, 7) is 10.8. The Labute approximate surface area is 146 Å². The molecular weight excluding hydrogens is 320 g/mol. The van der Waals surface area contributed by atoms with Crippen molar-refractivity contribution in [3.05, 3.63) is 38.2 Å². The third-order valence-electron chi connectivity index (χ3n) is 3.89. The number of fused-ring (bicyclic) bond motifs is 1. The van der Waals surface area contributed by atoms with E-state index in [1.807, 2.05) is 34.6 Å². The van der Waals surface area contributed by atoms with Gasteiger partial charge in [-0.2, -0.15) is 0 Å². The molecule has 7 nitrogen and oxygen atoms in total. The van der Waals surface area contributed by atoms with Crippen LogP contribution in [0.2, 0.25) is 0 Å². The van der Waals surface area contributed by atoms with Crippen molar-refractivity contribution in [2.45, 2.75) is 53.5 Å². The summed E-state index contributed by atoms with van der Waals surface area (Å²) in [5, 5.41) is 2.97. The van der Waals surface area contributed by atoms with Gasteiger partial charge in [0, 0.05) is 18.8 Å². The first kappa shape index (κ1) is 18.9. The standard InChI is InChI=1S/C18H26N4O3/c1-6-7-19-16(23)12-8-13(11(4)5)20-15-14(12)17(24)21-18(25)22(15)9-10(2)3/h8,10-11H,6-7,9H2,1-5H3,(H,19,23)(H,21,24,25). The van der Waals surface area contributed by atoms with Crippen LogP contribution in [-0.2, 0) is 6.54 Å². The molecule has 0 aliphatic heterocycles. The van der Waals surface area contributed by atoms with Crippen LogP contribution in [0.1, 0.15) is 63.0 Å². The molecule has 0 atom stereocenters. The molecule has 0 radical (unpaired) electrons. The fraction of sp³-hybridized carbons (Fsp3) is 0.556. The monoisotopic (exact) mass is 346 g/mol. The molecule has 2 N–H and O–H groups in total. The first-order valence-corrected chi connectivity index (χ1v) is 8.72. The van der Waals surface area contributed by atoms with E-state index >= 15 is 0 Å². The SMILES string of the molecule is CCCNC(=O)c1cc(C(C)C)nc2c1c(=O)[nH]c(=O)n2CC(C)C. The summed E-state index contributed by atoms with van der Waals surface area (Å²) in [4.78, 5) is 44.2. The lowest BCUT2D eigenvalue weighted by atomic mass is 10.0. The fourth-order valence-electron chi connectivity index (χ4n) is 2.64. The zero-order chi connectivity index (χ0) is 18.7. The molecule has 2 aromatic heterocycles. The molecule has 2 rings (SSSR count). The summed E-state index contributed by atoms with van der Waals surface area (Å²) in [5.41, 5.74) is 0.136. The molecule has 1 amide bonds. The summed E-state index contributed by atoms with van der Waals surface area (Å²) >= 11 is 0. The molecule has 0 bridgehead atoms. The zero-order valence-corrected chi connectivity index (χ0v) is 15.5. The molecule has 136 valence electrons. The van der Waals surface area contributed by atoms with Crippen molar-refractivity contribution in [3.63, 3.8) is 0 Å². The van der Waals surface area contributed by atoms with Crippen molar-refractivity contribution < 1.29 is 4.79 Å². The highest BCUT2D eigenvalue weighted by atomic mass is 16.2. The van der Waals surface area contributed by atoms with Gasteiger partial charge in [0.05, 0.1) is 10.9 Å². The van der Waals surface area contributed by atoms with E-state index in [9.17, 15) is 14.4 Å². The number of pyridine rings is 1. The average Bonchev–Trinajstić information content (AvgIpc) is 2.54. The summed E-state index contributed by atoms with van der Waals surface area (Å²) in [7, 11) is 0. The number of carbonyl (C=O) groups is 1. The number of aromatic nitrogens is 3. The number of rotatable bonds is 6. The summed E-state index contributed by atoms with van der Waals surface area (Å²) in [6.07, 6.45) is 0.792. The smallest absolute Gasteiger partial charge is 0.330 e. The maximum Gasteiger partial charge on any atom is 0.330 e. The molecule has 25 heavy (non-hydrogen) atoms. The number of nitrogens with zero attached hydrogens (tertiary/aromatic N) is 2. The van der Waals surface area contributed by atoms with E-state index in [4.69, 9.17) is 0 Å².